The van der Waals surface area contributed by atoms with Crippen LogP contribution in [0.2, 0.25) is 0 Å². The molecule has 0 bridgehead atoms. The number of aromatic nitrogens is 1. The number of rotatable bonds is 4. The zero-order valence-corrected chi connectivity index (χ0v) is 9.90. The largest absolute Gasteiger partial charge is 0.309 e. The van der Waals surface area contributed by atoms with Gasteiger partial charge < -0.3 is 5.32 Å². The average Bonchev–Trinajstić information content (AvgIpc) is 2.68. The van der Waals surface area contributed by atoms with Gasteiger partial charge in [0, 0.05) is 29.6 Å². The smallest absolute Gasteiger partial charge is 0.0953 e. The van der Waals surface area contributed by atoms with Crippen LogP contribution in [0.15, 0.2) is 6.20 Å². The van der Waals surface area contributed by atoms with Crippen LogP contribution in [-0.2, 0) is 6.54 Å². The number of nitrogens with zero attached hydrogens (tertiary/aromatic N) is 1. The van der Waals surface area contributed by atoms with Crippen molar-refractivity contribution in [1.82, 2.24) is 10.3 Å². The van der Waals surface area contributed by atoms with E-state index in [2.05, 4.69) is 31.1 Å². The molecule has 1 aliphatic carbocycles. The predicted octanol–water partition coefficient (Wildman–Crippen LogP) is 2.76. The molecule has 0 saturated heterocycles. The monoisotopic (exact) mass is 210 g/mol. The highest BCUT2D eigenvalue weighted by Gasteiger charge is 2.31. The van der Waals surface area contributed by atoms with Gasteiger partial charge in [0.2, 0.25) is 0 Å². The molecule has 1 aliphatic rings. The van der Waals surface area contributed by atoms with E-state index in [1.165, 1.54) is 16.3 Å². The summed E-state index contributed by atoms with van der Waals surface area (Å²) >= 11 is 1.84. The van der Waals surface area contributed by atoms with Crippen LogP contribution in [0.4, 0.5) is 0 Å². The molecule has 1 N–H and O–H groups in total. The highest BCUT2D eigenvalue weighted by atomic mass is 32.1. The Morgan fingerprint density at radius 1 is 1.64 bits per heavy atom. The van der Waals surface area contributed by atoms with Crippen LogP contribution in [-0.4, -0.2) is 11.0 Å². The third-order valence-electron chi connectivity index (χ3n) is 2.71. The lowest BCUT2D eigenvalue weighted by molar-refractivity contribution is 0.657. The first kappa shape index (κ1) is 10.1. The molecule has 1 aromatic rings. The van der Waals surface area contributed by atoms with Crippen molar-refractivity contribution in [3.8, 4) is 0 Å². The molecular formula is C11H18N2S. The fourth-order valence-corrected chi connectivity index (χ4v) is 2.38. The Morgan fingerprint density at radius 3 is 2.86 bits per heavy atom. The molecule has 0 radical (unpaired) electrons. The van der Waals surface area contributed by atoms with Gasteiger partial charge in [-0.05, 0) is 12.3 Å². The van der Waals surface area contributed by atoms with Crippen molar-refractivity contribution in [2.24, 2.45) is 5.92 Å². The van der Waals surface area contributed by atoms with Gasteiger partial charge in [-0.1, -0.05) is 20.8 Å². The van der Waals surface area contributed by atoms with Crippen LogP contribution in [0.25, 0.3) is 0 Å². The molecule has 1 heterocycles. The summed E-state index contributed by atoms with van der Waals surface area (Å²) < 4.78 is 0. The third-order valence-corrected chi connectivity index (χ3v) is 4.01. The second kappa shape index (κ2) is 3.99. The second-order valence-corrected chi connectivity index (χ2v) is 5.67. The van der Waals surface area contributed by atoms with E-state index >= 15 is 0 Å². The minimum absolute atomic E-state index is 0.564. The van der Waals surface area contributed by atoms with Crippen LogP contribution >= 0.6 is 11.3 Å². The van der Waals surface area contributed by atoms with Gasteiger partial charge >= 0.3 is 0 Å². The van der Waals surface area contributed by atoms with Crippen LogP contribution in [0.1, 0.15) is 43.0 Å². The van der Waals surface area contributed by atoms with E-state index in [0.717, 1.165) is 18.5 Å². The third kappa shape index (κ3) is 2.34. The zero-order chi connectivity index (χ0) is 10.1. The lowest BCUT2D eigenvalue weighted by Gasteiger charge is -1.99. The number of thiazole rings is 1. The highest BCUT2D eigenvalue weighted by molar-refractivity contribution is 7.11. The van der Waals surface area contributed by atoms with E-state index < -0.39 is 0 Å². The van der Waals surface area contributed by atoms with Crippen molar-refractivity contribution in [2.75, 3.05) is 0 Å². The maximum absolute atomic E-state index is 4.41. The van der Waals surface area contributed by atoms with E-state index in [0.29, 0.717) is 5.92 Å². The van der Waals surface area contributed by atoms with Crippen LogP contribution in [0.3, 0.4) is 0 Å². The molecule has 0 amide bonds. The van der Waals surface area contributed by atoms with E-state index in [-0.39, 0.29) is 0 Å². The van der Waals surface area contributed by atoms with E-state index in [1.54, 1.807) is 0 Å². The fourth-order valence-electron chi connectivity index (χ4n) is 1.51. The molecule has 0 aliphatic heterocycles. The maximum atomic E-state index is 4.41. The van der Waals surface area contributed by atoms with Gasteiger partial charge in [-0.2, -0.15) is 0 Å². The Bertz CT molecular complexity index is 306. The number of hydrogen-bond acceptors (Lipinski definition) is 3. The predicted molar refractivity (Wildman–Crippen MR) is 60.6 cm³/mol. The molecule has 1 fully saturated rings. The Labute approximate surface area is 89.8 Å². The highest BCUT2D eigenvalue weighted by Crippen LogP contribution is 2.29. The summed E-state index contributed by atoms with van der Waals surface area (Å²) in [6.45, 7) is 7.68. The SMILES string of the molecule is CC(C)c1ncc(CNC2CC2C)s1. The molecule has 2 nitrogen and oxygen atoms in total. The van der Waals surface area contributed by atoms with Gasteiger partial charge in [-0.3, -0.25) is 0 Å². The van der Waals surface area contributed by atoms with Crippen LogP contribution < -0.4 is 5.32 Å². The minimum atomic E-state index is 0.564. The van der Waals surface area contributed by atoms with E-state index in [9.17, 15) is 0 Å². The van der Waals surface area contributed by atoms with Crippen molar-refractivity contribution in [3.05, 3.63) is 16.1 Å². The molecule has 2 rings (SSSR count). The summed E-state index contributed by atoms with van der Waals surface area (Å²) in [5.74, 6) is 1.45. The van der Waals surface area contributed by atoms with E-state index in [4.69, 9.17) is 0 Å². The zero-order valence-electron chi connectivity index (χ0n) is 9.08. The molecule has 2 unspecified atom stereocenters. The molecule has 2 atom stereocenters. The molecule has 3 heteroatoms. The minimum Gasteiger partial charge on any atom is -0.309 e. The van der Waals surface area contributed by atoms with Crippen molar-refractivity contribution >= 4 is 11.3 Å². The number of nitrogens with one attached hydrogen (secondary N) is 1. The Hall–Kier alpha value is -0.410. The summed E-state index contributed by atoms with van der Waals surface area (Å²) in [7, 11) is 0. The van der Waals surface area contributed by atoms with Crippen LogP contribution in [0.5, 0.6) is 0 Å². The van der Waals surface area contributed by atoms with Crippen molar-refractivity contribution in [2.45, 2.75) is 45.7 Å². The lowest BCUT2D eigenvalue weighted by Crippen LogP contribution is -2.16. The quantitative estimate of drug-likeness (QED) is 0.826. The first-order valence-electron chi connectivity index (χ1n) is 5.35. The van der Waals surface area contributed by atoms with Gasteiger partial charge in [0.25, 0.3) is 0 Å². The molecule has 0 aromatic carbocycles. The Morgan fingerprint density at radius 2 is 2.36 bits per heavy atom. The molecule has 14 heavy (non-hydrogen) atoms. The Kier molecular flexibility index (Phi) is 2.88. The average molecular weight is 210 g/mol. The summed E-state index contributed by atoms with van der Waals surface area (Å²) in [6.07, 6.45) is 3.36. The van der Waals surface area contributed by atoms with E-state index in [1.807, 2.05) is 17.5 Å². The standard InChI is InChI=1S/C11H18N2S/c1-7(2)11-13-6-9(14-11)5-12-10-4-8(10)3/h6-8,10,12H,4-5H2,1-3H3. The second-order valence-electron chi connectivity index (χ2n) is 4.52. The summed E-state index contributed by atoms with van der Waals surface area (Å²) in [6, 6.07) is 0.764. The molecule has 1 saturated carbocycles. The molecule has 78 valence electrons. The first-order chi connectivity index (χ1) is 6.66. The summed E-state index contributed by atoms with van der Waals surface area (Å²) in [5.41, 5.74) is 0. The van der Waals surface area contributed by atoms with Crippen molar-refractivity contribution in [3.63, 3.8) is 0 Å². The first-order valence-corrected chi connectivity index (χ1v) is 6.16. The maximum Gasteiger partial charge on any atom is 0.0953 e. The molecule has 0 spiro atoms. The van der Waals surface area contributed by atoms with Crippen molar-refractivity contribution < 1.29 is 0 Å². The lowest BCUT2D eigenvalue weighted by atomic mass is 10.2. The van der Waals surface area contributed by atoms with Gasteiger partial charge in [0.1, 0.15) is 0 Å². The topological polar surface area (TPSA) is 24.9 Å². The van der Waals surface area contributed by atoms with Gasteiger partial charge in [-0.25, -0.2) is 4.98 Å². The normalized spacial score (nSPS) is 25.7. The van der Waals surface area contributed by atoms with Gasteiger partial charge in [0.15, 0.2) is 0 Å². The Balaban J connectivity index is 1.84. The van der Waals surface area contributed by atoms with Crippen LogP contribution in [0, 0.1) is 5.92 Å². The van der Waals surface area contributed by atoms with Gasteiger partial charge in [0.05, 0.1) is 5.01 Å². The van der Waals surface area contributed by atoms with Gasteiger partial charge in [-0.15, -0.1) is 11.3 Å². The summed E-state index contributed by atoms with van der Waals surface area (Å²) in [5, 5.41) is 4.80. The molecule has 1 aromatic heterocycles. The summed E-state index contributed by atoms with van der Waals surface area (Å²) in [4.78, 5) is 5.78. The molecular weight excluding hydrogens is 192 g/mol. The van der Waals surface area contributed by atoms with Crippen molar-refractivity contribution in [1.29, 1.82) is 0 Å². The number of hydrogen-bond donors (Lipinski definition) is 1. The fraction of sp³-hybridized carbons (Fsp3) is 0.727.